The van der Waals surface area contributed by atoms with Crippen LogP contribution in [0.4, 0.5) is 4.79 Å². The van der Waals surface area contributed by atoms with Crippen molar-refractivity contribution in [1.29, 1.82) is 0 Å². The number of hydrogen-bond donors (Lipinski definition) is 0. The van der Waals surface area contributed by atoms with Gasteiger partial charge in [0.2, 0.25) is 0 Å². The first-order valence-electron chi connectivity index (χ1n) is 8.98. The van der Waals surface area contributed by atoms with Gasteiger partial charge in [0.25, 0.3) is 0 Å². The number of piperidine rings is 1. The molecule has 0 N–H and O–H groups in total. The van der Waals surface area contributed by atoms with Crippen LogP contribution in [0.5, 0.6) is 0 Å². The number of hydrogen-bond acceptors (Lipinski definition) is 2. The van der Waals surface area contributed by atoms with Crippen molar-refractivity contribution < 1.29 is 9.53 Å². The fourth-order valence-corrected chi connectivity index (χ4v) is 3.42. The van der Waals surface area contributed by atoms with E-state index in [-0.39, 0.29) is 17.6 Å². The van der Waals surface area contributed by atoms with Crippen LogP contribution < -0.4 is 0 Å². The van der Waals surface area contributed by atoms with Crippen LogP contribution >= 0.6 is 0 Å². The Morgan fingerprint density at radius 3 is 2.48 bits per heavy atom. The van der Waals surface area contributed by atoms with Gasteiger partial charge in [-0.05, 0) is 36.3 Å². The van der Waals surface area contributed by atoms with E-state index in [1.165, 1.54) is 11.1 Å². The number of likely N-dealkylation sites (tertiary alicyclic amines) is 1. The second-order valence-electron chi connectivity index (χ2n) is 7.78. The van der Waals surface area contributed by atoms with Crippen LogP contribution in [-0.2, 0) is 11.3 Å². The van der Waals surface area contributed by atoms with E-state index in [9.17, 15) is 4.79 Å². The average molecular weight is 337 g/mol. The summed E-state index contributed by atoms with van der Waals surface area (Å²) in [5.41, 5.74) is 3.67. The lowest BCUT2D eigenvalue weighted by atomic mass is 9.77. The Hall–Kier alpha value is -2.29. The molecule has 0 bridgehead atoms. The Morgan fingerprint density at radius 1 is 1.12 bits per heavy atom. The van der Waals surface area contributed by atoms with Gasteiger partial charge in [-0.15, -0.1) is 0 Å². The number of carbonyl (C=O) groups is 1. The predicted molar refractivity (Wildman–Crippen MR) is 100 cm³/mol. The minimum Gasteiger partial charge on any atom is -0.445 e. The van der Waals surface area contributed by atoms with Crippen LogP contribution in [0.3, 0.4) is 0 Å². The van der Waals surface area contributed by atoms with Crippen LogP contribution in [0.2, 0.25) is 0 Å². The second-order valence-corrected chi connectivity index (χ2v) is 7.78. The molecule has 1 aliphatic heterocycles. The van der Waals surface area contributed by atoms with Crippen molar-refractivity contribution in [2.24, 2.45) is 5.41 Å². The van der Waals surface area contributed by atoms with Crippen molar-refractivity contribution in [3.05, 3.63) is 71.3 Å². The van der Waals surface area contributed by atoms with Crippen LogP contribution in [-0.4, -0.2) is 17.5 Å². The molecule has 0 radical (unpaired) electrons. The van der Waals surface area contributed by atoms with Crippen LogP contribution in [0, 0.1) is 12.3 Å². The molecule has 1 fully saturated rings. The summed E-state index contributed by atoms with van der Waals surface area (Å²) in [5, 5.41) is 0. The molecule has 132 valence electrons. The summed E-state index contributed by atoms with van der Waals surface area (Å²) in [5.74, 6) is 0. The fraction of sp³-hybridized carbons (Fsp3) is 0.409. The molecule has 0 aromatic heterocycles. The number of carbonyl (C=O) groups excluding carboxylic acids is 1. The van der Waals surface area contributed by atoms with Crippen LogP contribution in [0.15, 0.2) is 54.6 Å². The number of nitrogens with zero attached hydrogens (tertiary/aromatic N) is 1. The third-order valence-electron chi connectivity index (χ3n) is 5.05. The summed E-state index contributed by atoms with van der Waals surface area (Å²) in [6.07, 6.45) is 1.73. The number of amides is 1. The molecule has 0 spiro atoms. The largest absolute Gasteiger partial charge is 0.445 e. The quantitative estimate of drug-likeness (QED) is 0.740. The zero-order chi connectivity index (χ0) is 17.9. The molecule has 1 atom stereocenters. The van der Waals surface area contributed by atoms with Gasteiger partial charge in [0.15, 0.2) is 0 Å². The summed E-state index contributed by atoms with van der Waals surface area (Å²) in [7, 11) is 0. The predicted octanol–water partition coefficient (Wildman–Crippen LogP) is 5.49. The molecular weight excluding hydrogens is 310 g/mol. The van der Waals surface area contributed by atoms with Crippen molar-refractivity contribution in [2.45, 2.75) is 46.3 Å². The van der Waals surface area contributed by atoms with Crippen molar-refractivity contribution in [3.63, 3.8) is 0 Å². The molecule has 1 saturated heterocycles. The highest BCUT2D eigenvalue weighted by Crippen LogP contribution is 2.41. The lowest BCUT2D eigenvalue weighted by molar-refractivity contribution is 0.0395. The van der Waals surface area contributed by atoms with Gasteiger partial charge in [-0.3, -0.25) is 0 Å². The van der Waals surface area contributed by atoms with Gasteiger partial charge in [0.05, 0.1) is 6.04 Å². The summed E-state index contributed by atoms with van der Waals surface area (Å²) in [6.45, 7) is 7.70. The minimum atomic E-state index is -0.218. The van der Waals surface area contributed by atoms with Gasteiger partial charge in [0.1, 0.15) is 6.61 Å². The van der Waals surface area contributed by atoms with E-state index in [2.05, 4.69) is 45.0 Å². The molecule has 1 amide bonds. The lowest BCUT2D eigenvalue weighted by Gasteiger charge is -2.43. The average Bonchev–Trinajstić information content (AvgIpc) is 2.60. The van der Waals surface area contributed by atoms with Gasteiger partial charge < -0.3 is 9.64 Å². The number of ether oxygens (including phenoxy) is 1. The monoisotopic (exact) mass is 337 g/mol. The Labute approximate surface area is 150 Å². The second kappa shape index (κ2) is 7.30. The Bertz CT molecular complexity index is 707. The fourth-order valence-electron chi connectivity index (χ4n) is 3.42. The number of benzene rings is 2. The molecule has 3 heteroatoms. The van der Waals surface area contributed by atoms with Gasteiger partial charge in [0, 0.05) is 6.54 Å². The highest BCUT2D eigenvalue weighted by atomic mass is 16.6. The zero-order valence-electron chi connectivity index (χ0n) is 15.4. The van der Waals surface area contributed by atoms with Gasteiger partial charge in [-0.25, -0.2) is 4.79 Å². The molecule has 1 unspecified atom stereocenters. The van der Waals surface area contributed by atoms with E-state index >= 15 is 0 Å². The smallest absolute Gasteiger partial charge is 0.410 e. The van der Waals surface area contributed by atoms with E-state index < -0.39 is 0 Å². The molecule has 0 aliphatic carbocycles. The van der Waals surface area contributed by atoms with E-state index in [1.807, 2.05) is 35.2 Å². The van der Waals surface area contributed by atoms with Crippen molar-refractivity contribution in [2.75, 3.05) is 6.54 Å². The molecule has 1 aliphatic rings. The molecule has 2 aromatic carbocycles. The third kappa shape index (κ3) is 4.41. The number of rotatable bonds is 3. The van der Waals surface area contributed by atoms with Gasteiger partial charge in [-0.2, -0.15) is 0 Å². The van der Waals surface area contributed by atoms with Gasteiger partial charge in [-0.1, -0.05) is 74.0 Å². The summed E-state index contributed by atoms with van der Waals surface area (Å²) in [6, 6.07) is 18.4. The zero-order valence-corrected chi connectivity index (χ0v) is 15.4. The molecule has 0 saturated carbocycles. The van der Waals surface area contributed by atoms with E-state index in [1.54, 1.807) is 0 Å². The SMILES string of the molecule is Cc1ccc(C2CC(C)(C)CCN2C(=O)OCc2ccccc2)cc1. The third-order valence-corrected chi connectivity index (χ3v) is 5.05. The lowest BCUT2D eigenvalue weighted by Crippen LogP contribution is -2.43. The molecule has 2 aromatic rings. The van der Waals surface area contributed by atoms with E-state index in [0.717, 1.165) is 24.9 Å². The maximum Gasteiger partial charge on any atom is 0.410 e. The topological polar surface area (TPSA) is 29.5 Å². The highest BCUT2D eigenvalue weighted by molar-refractivity contribution is 5.68. The van der Waals surface area contributed by atoms with Crippen molar-refractivity contribution in [1.82, 2.24) is 4.90 Å². The maximum absolute atomic E-state index is 12.7. The molecule has 1 heterocycles. The first kappa shape index (κ1) is 17.5. The Kier molecular flexibility index (Phi) is 5.12. The summed E-state index contributed by atoms with van der Waals surface area (Å²) < 4.78 is 5.60. The first-order valence-corrected chi connectivity index (χ1v) is 8.98. The highest BCUT2D eigenvalue weighted by Gasteiger charge is 2.37. The van der Waals surface area contributed by atoms with Gasteiger partial charge >= 0.3 is 6.09 Å². The van der Waals surface area contributed by atoms with Crippen molar-refractivity contribution >= 4 is 6.09 Å². The number of aryl methyl sites for hydroxylation is 1. The Balaban J connectivity index is 1.74. The summed E-state index contributed by atoms with van der Waals surface area (Å²) in [4.78, 5) is 14.6. The van der Waals surface area contributed by atoms with E-state index in [4.69, 9.17) is 4.74 Å². The molecule has 25 heavy (non-hydrogen) atoms. The normalized spacial score (nSPS) is 19.5. The summed E-state index contributed by atoms with van der Waals surface area (Å²) >= 11 is 0. The molecular formula is C22H27NO2. The molecule has 3 rings (SSSR count). The maximum atomic E-state index is 12.7. The van der Waals surface area contributed by atoms with Crippen LogP contribution in [0.25, 0.3) is 0 Å². The standard InChI is InChI=1S/C22H27NO2/c1-17-9-11-19(12-10-17)20-15-22(2,3)13-14-23(20)21(24)25-16-18-7-5-4-6-8-18/h4-12,20H,13-16H2,1-3H3. The first-order chi connectivity index (χ1) is 11.9. The molecule has 3 nitrogen and oxygen atoms in total. The van der Waals surface area contributed by atoms with E-state index in [0.29, 0.717) is 6.61 Å². The van der Waals surface area contributed by atoms with Crippen molar-refractivity contribution in [3.8, 4) is 0 Å². The van der Waals surface area contributed by atoms with Crippen LogP contribution in [0.1, 0.15) is 49.4 Å². The minimum absolute atomic E-state index is 0.0765. The Morgan fingerprint density at radius 2 is 1.80 bits per heavy atom.